The summed E-state index contributed by atoms with van der Waals surface area (Å²) in [5.74, 6) is -5.48. The number of aromatic nitrogens is 1. The summed E-state index contributed by atoms with van der Waals surface area (Å²) < 4.78 is 105. The summed E-state index contributed by atoms with van der Waals surface area (Å²) in [5, 5.41) is 45.5. The number of unbranched alkanes of at least 4 members (excludes halogenated alkanes) is 1. The second-order valence-electron chi connectivity index (χ2n) is 38.8. The van der Waals surface area contributed by atoms with Gasteiger partial charge in [0.15, 0.2) is 0 Å². The molecule has 137 heavy (non-hydrogen) atoms. The number of hydrogen-bond donors (Lipinski definition) is 14. The molecule has 10 rings (SSSR count). The van der Waals surface area contributed by atoms with Crippen LogP contribution in [-0.2, 0) is 91.8 Å². The van der Waals surface area contributed by atoms with Crippen molar-refractivity contribution in [3.05, 3.63) is 170 Å². The number of rotatable bonds is 42. The first-order valence-corrected chi connectivity index (χ1v) is 49.6. The molecule has 3 aliphatic rings. The molecule has 0 saturated carbocycles. The fraction of sp³-hybridized carbons (Fsp3) is 0.510. The number of nitrogens with one attached hydrogen (secondary N) is 14. The van der Waals surface area contributed by atoms with E-state index in [-0.39, 0.29) is 131 Å². The average Bonchev–Trinajstić information content (AvgIpc) is 1.69. The van der Waals surface area contributed by atoms with Gasteiger partial charge in [-0.15, -0.1) is 0 Å². The van der Waals surface area contributed by atoms with Crippen molar-refractivity contribution in [3.8, 4) is 28.4 Å². The van der Waals surface area contributed by atoms with Gasteiger partial charge in [0.05, 0.1) is 48.3 Å². The summed E-state index contributed by atoms with van der Waals surface area (Å²) in [6.45, 7) is 33.5. The van der Waals surface area contributed by atoms with Gasteiger partial charge in [-0.05, 0) is 271 Å². The monoisotopic (exact) mass is 1930 g/mol. The van der Waals surface area contributed by atoms with Gasteiger partial charge in [0.2, 0.25) is 53.3 Å². The number of fused-ring (bicyclic) bond motifs is 6. The minimum atomic E-state index is -4.39. The standard InChI is InChI=1S/C100H137N15O20S2/c1-58(2)53-79(89(119)103-47-49-129-51-52-130-50-48-106-95(123)131-57-76-72-31-22-20-29-70(72)71-30-21-23-32-73(71)76)111-90(120)78(35-28-46-105-94(102)114-137(127,128)87-62(6)60(4)85-69(64(87)8)42-44-100(18,19)134-85)109-82(117)55-107-88(118)77(34-26-27-45-104-93(101)113-136(125,126)86-61(5)59(3)84-68(63(86)7)41-43-99(16,17)133-84)110-91(121)80(54-66-37-39-67(40-38-66)132-97(10,11)12)112-92(122)83(108-65(9)116)75-56-115(96(124)135-98(13,14)15)81-36-25-24-33-74(75)81/h20-25,29-33,36-40,56,58,76-80,83H,26-28,34-35,41-55,57H2,1-19H3,(H,103,119)(H,106,123)(H,107,118)(H,108,116)(H,109,117)(H,110,121)(H,111,120)(H,112,122)(H3,101,104,113)(H3,102,105,114)/t77-,78-,79-,80-,83-/m0/s1. The lowest BCUT2D eigenvalue weighted by atomic mass is 9.88. The molecule has 14 N–H and O–H groups in total. The quantitative estimate of drug-likeness (QED) is 0.00960. The maximum absolute atomic E-state index is 15.5. The van der Waals surface area contributed by atoms with Gasteiger partial charge in [-0.25, -0.2) is 35.9 Å². The molecule has 7 aromatic rings. The average molecular weight is 1930 g/mol. The molecule has 37 heteroatoms. The van der Waals surface area contributed by atoms with E-state index in [1.807, 2.05) is 98.7 Å². The normalized spacial score (nSPS) is 14.8. The minimum absolute atomic E-state index is 0.00224. The van der Waals surface area contributed by atoms with Crippen LogP contribution >= 0.6 is 0 Å². The number of carbonyl (C=O) groups excluding carboxylic acids is 9. The Morgan fingerprint density at radius 1 is 0.518 bits per heavy atom. The maximum Gasteiger partial charge on any atom is 0.419 e. The van der Waals surface area contributed by atoms with E-state index in [1.54, 1.807) is 111 Å². The fourth-order valence-corrected chi connectivity index (χ4v) is 20.2. The largest absolute Gasteiger partial charge is 0.488 e. The summed E-state index contributed by atoms with van der Waals surface area (Å²) in [7, 11) is -8.75. The Balaban J connectivity index is 0.848. The Morgan fingerprint density at radius 2 is 1.01 bits per heavy atom. The summed E-state index contributed by atoms with van der Waals surface area (Å²) in [5.41, 5.74) is 7.58. The van der Waals surface area contributed by atoms with E-state index in [0.717, 1.165) is 33.4 Å². The van der Waals surface area contributed by atoms with Gasteiger partial charge < -0.3 is 86.3 Å². The molecule has 744 valence electrons. The highest BCUT2D eigenvalue weighted by Gasteiger charge is 2.40. The molecule has 0 radical (unpaired) electrons. The van der Waals surface area contributed by atoms with Crippen molar-refractivity contribution in [3.63, 3.8) is 0 Å². The maximum atomic E-state index is 15.5. The molecule has 6 aromatic carbocycles. The lowest BCUT2D eigenvalue weighted by Gasteiger charge is -2.35. The number of sulfonamides is 2. The molecule has 2 aliphatic heterocycles. The number of alkyl carbamates (subject to hydrolysis) is 1. The van der Waals surface area contributed by atoms with Gasteiger partial charge in [-0.3, -0.25) is 48.9 Å². The van der Waals surface area contributed by atoms with Crippen molar-refractivity contribution in [2.24, 2.45) is 5.92 Å². The van der Waals surface area contributed by atoms with Crippen LogP contribution in [0.1, 0.15) is 220 Å². The van der Waals surface area contributed by atoms with Crippen molar-refractivity contribution in [1.82, 2.24) is 67.2 Å². The second kappa shape index (κ2) is 46.2. The van der Waals surface area contributed by atoms with Crippen molar-refractivity contribution in [2.45, 2.75) is 271 Å². The highest BCUT2D eigenvalue weighted by Crippen LogP contribution is 2.47. The predicted molar refractivity (Wildman–Crippen MR) is 521 cm³/mol. The summed E-state index contributed by atoms with van der Waals surface area (Å²) >= 11 is 0. The SMILES string of the molecule is CC(=O)N[C@H](C(=O)N[C@@H](Cc1ccc(OC(C)(C)C)cc1)C(=O)N[C@@H](CCCCNC(=N)NS(=O)(=O)c1c(C)c(C)c2c(c1C)CCC(C)(C)O2)C(=O)NCC(=O)N[C@@H](CCCNC(=N)NS(=O)(=O)c1c(C)c(C)c2c(c1C)CCC(C)(C)O2)C(=O)N[C@@H](CC(C)C)C(=O)NCCOCCOCCNC(=O)OCC1c2ccccc2-c2ccccc21)c1cn(C(=O)OC(C)(C)C)c2ccccc12. The number of nitrogens with zero attached hydrogens (tertiary/aromatic N) is 1. The van der Waals surface area contributed by atoms with Crippen molar-refractivity contribution in [1.29, 1.82) is 10.8 Å². The first kappa shape index (κ1) is 107. The highest BCUT2D eigenvalue weighted by atomic mass is 32.2. The lowest BCUT2D eigenvalue weighted by Crippen LogP contribution is -2.57. The van der Waals surface area contributed by atoms with Crippen LogP contribution in [-0.4, -0.2) is 199 Å². The van der Waals surface area contributed by atoms with E-state index in [0.29, 0.717) is 92.8 Å². The molecule has 0 unspecified atom stereocenters. The first-order valence-electron chi connectivity index (χ1n) is 46.6. The number of hydrogen-bond acceptors (Lipinski definition) is 22. The zero-order chi connectivity index (χ0) is 100. The van der Waals surface area contributed by atoms with Crippen LogP contribution in [0.25, 0.3) is 22.0 Å². The molecule has 35 nitrogen and oxygen atoms in total. The van der Waals surface area contributed by atoms with Crippen molar-refractivity contribution in [2.75, 3.05) is 65.8 Å². The molecule has 1 aromatic heterocycles. The first-order chi connectivity index (χ1) is 64.4. The molecule has 0 bridgehead atoms. The third-order valence-corrected chi connectivity index (χ3v) is 27.3. The molecule has 0 saturated heterocycles. The molecular formula is C100H137N15O20S2. The number of amides is 8. The van der Waals surface area contributed by atoms with E-state index in [4.69, 9.17) is 44.0 Å². The molecule has 5 atom stereocenters. The Morgan fingerprint density at radius 3 is 1.55 bits per heavy atom. The fourth-order valence-electron chi connectivity index (χ4n) is 17.2. The number of benzene rings is 6. The van der Waals surface area contributed by atoms with Crippen LogP contribution in [0.15, 0.2) is 113 Å². The minimum Gasteiger partial charge on any atom is -0.488 e. The topological polar surface area (TPSA) is 484 Å². The van der Waals surface area contributed by atoms with E-state index >= 15 is 14.4 Å². The highest BCUT2D eigenvalue weighted by molar-refractivity contribution is 7.90. The third kappa shape index (κ3) is 29.1. The van der Waals surface area contributed by atoms with Gasteiger partial charge >= 0.3 is 12.2 Å². The summed E-state index contributed by atoms with van der Waals surface area (Å²) in [6, 6.07) is 22.1. The predicted octanol–water partition coefficient (Wildman–Crippen LogP) is 10.8. The molecular weight excluding hydrogens is 1800 g/mol. The summed E-state index contributed by atoms with van der Waals surface area (Å²) in [4.78, 5) is 129. The zero-order valence-corrected chi connectivity index (χ0v) is 83.8. The zero-order valence-electron chi connectivity index (χ0n) is 82.1. The van der Waals surface area contributed by atoms with Crippen LogP contribution in [0.5, 0.6) is 17.2 Å². The van der Waals surface area contributed by atoms with Gasteiger partial charge in [0.1, 0.15) is 76.5 Å². The molecule has 3 heterocycles. The van der Waals surface area contributed by atoms with Gasteiger partial charge in [-0.1, -0.05) is 92.7 Å². The van der Waals surface area contributed by atoms with E-state index < -0.39 is 145 Å². The number of para-hydroxylation sites is 1. The van der Waals surface area contributed by atoms with Gasteiger partial charge in [0.25, 0.3) is 20.0 Å². The number of guanidine groups is 2. The Bertz CT molecular complexity index is 5820. The lowest BCUT2D eigenvalue weighted by molar-refractivity contribution is -0.134. The summed E-state index contributed by atoms with van der Waals surface area (Å²) in [6.07, 6.45) is 2.09. The van der Waals surface area contributed by atoms with Gasteiger partial charge in [0, 0.05) is 62.6 Å². The van der Waals surface area contributed by atoms with E-state index in [9.17, 15) is 45.6 Å². The Kier molecular flexibility index (Phi) is 36.0. The number of carbonyl (C=O) groups is 9. The molecule has 1 aliphatic carbocycles. The third-order valence-electron chi connectivity index (χ3n) is 24.0. The van der Waals surface area contributed by atoms with Crippen LogP contribution in [0.3, 0.4) is 0 Å². The Hall–Kier alpha value is -12.4. The second-order valence-corrected chi connectivity index (χ2v) is 42.0. The van der Waals surface area contributed by atoms with Crippen molar-refractivity contribution >= 4 is 96.4 Å². The van der Waals surface area contributed by atoms with Crippen molar-refractivity contribution < 1.29 is 93.1 Å². The Labute approximate surface area is 803 Å². The van der Waals surface area contributed by atoms with Crippen LogP contribution in [0, 0.1) is 58.3 Å². The van der Waals surface area contributed by atoms with Crippen LogP contribution in [0.4, 0.5) is 9.59 Å². The number of ether oxygens (including phenoxy) is 7. The molecule has 0 spiro atoms. The van der Waals surface area contributed by atoms with Gasteiger partial charge in [-0.2, -0.15) is 0 Å². The molecule has 8 amide bonds. The van der Waals surface area contributed by atoms with E-state index in [1.165, 1.54) is 17.7 Å². The van der Waals surface area contributed by atoms with Crippen LogP contribution in [0.2, 0.25) is 0 Å². The van der Waals surface area contributed by atoms with E-state index in [2.05, 4.69) is 74.7 Å². The smallest absolute Gasteiger partial charge is 0.419 e. The van der Waals surface area contributed by atoms with Crippen LogP contribution < -0.4 is 76.8 Å². The molecule has 0 fully saturated rings.